The minimum atomic E-state index is -1.18. The number of piperidine rings is 1. The summed E-state index contributed by atoms with van der Waals surface area (Å²) in [7, 11) is 0. The third kappa shape index (κ3) is 7.50. The number of benzene rings is 2. The topological polar surface area (TPSA) is 127 Å². The number of carbonyl (C=O) groups excluding carboxylic acids is 2. The zero-order valence-electron chi connectivity index (χ0n) is 29.8. The fourth-order valence-corrected chi connectivity index (χ4v) is 8.09. The van der Waals surface area contributed by atoms with Gasteiger partial charge < -0.3 is 26.0 Å². The van der Waals surface area contributed by atoms with Gasteiger partial charge >= 0.3 is 0 Å². The van der Waals surface area contributed by atoms with E-state index >= 15 is 0 Å². The first kappa shape index (κ1) is 35.4. The molecule has 3 aliphatic rings. The summed E-state index contributed by atoms with van der Waals surface area (Å²) in [4.78, 5) is 34.1. The van der Waals surface area contributed by atoms with Gasteiger partial charge in [-0.25, -0.2) is 9.67 Å². The van der Waals surface area contributed by atoms with E-state index in [0.29, 0.717) is 56.5 Å². The van der Waals surface area contributed by atoms with Gasteiger partial charge in [-0.3, -0.25) is 9.59 Å². The minimum absolute atomic E-state index is 0.215. The van der Waals surface area contributed by atoms with Crippen molar-refractivity contribution in [3.8, 4) is 11.1 Å². The third-order valence-corrected chi connectivity index (χ3v) is 11.4. The summed E-state index contributed by atoms with van der Waals surface area (Å²) in [5, 5.41) is 13.5. The van der Waals surface area contributed by atoms with Gasteiger partial charge in [0.15, 0.2) is 5.65 Å². The molecule has 11 heteroatoms. The second-order valence-corrected chi connectivity index (χ2v) is 14.9. The van der Waals surface area contributed by atoms with Gasteiger partial charge in [-0.2, -0.15) is 5.10 Å². The Morgan fingerprint density at radius 3 is 2.55 bits per heavy atom. The number of hydrogen-bond acceptors (Lipinski definition) is 7. The fraction of sp³-hybridized carbons (Fsp3) is 0.500. The van der Waals surface area contributed by atoms with Crippen LogP contribution in [0.1, 0.15) is 74.8 Å². The largest absolute Gasteiger partial charge is 0.381 e. The van der Waals surface area contributed by atoms with E-state index in [0.717, 1.165) is 77.0 Å². The molecule has 0 unspecified atom stereocenters. The molecule has 2 saturated heterocycles. The smallest absolute Gasteiger partial charge is 0.238 e. The zero-order valence-corrected chi connectivity index (χ0v) is 30.6. The Labute approximate surface area is 305 Å². The molecule has 2 amide bonds. The first-order valence-corrected chi connectivity index (χ1v) is 19.1. The molecule has 0 bridgehead atoms. The second kappa shape index (κ2) is 15.3. The van der Waals surface area contributed by atoms with Crippen molar-refractivity contribution in [3.63, 3.8) is 0 Å². The Morgan fingerprint density at radius 2 is 1.84 bits per heavy atom. The van der Waals surface area contributed by atoms with Crippen LogP contribution in [0.25, 0.3) is 22.2 Å². The molecule has 0 spiro atoms. The first-order valence-electron chi connectivity index (χ1n) is 18.7. The molecule has 3 fully saturated rings. The first-order chi connectivity index (χ1) is 24.8. The van der Waals surface area contributed by atoms with Gasteiger partial charge in [-0.15, -0.1) is 0 Å². The molecule has 10 nitrogen and oxygen atoms in total. The number of rotatable bonds is 13. The van der Waals surface area contributed by atoms with Crippen LogP contribution in [0.3, 0.4) is 0 Å². The predicted octanol–water partition coefficient (Wildman–Crippen LogP) is 6.26. The lowest BCUT2D eigenvalue weighted by atomic mass is 9.90. The highest BCUT2D eigenvalue weighted by atomic mass is 35.5. The highest BCUT2D eigenvalue weighted by Crippen LogP contribution is 2.48. The summed E-state index contributed by atoms with van der Waals surface area (Å²) in [6.45, 7) is 8.94. The van der Waals surface area contributed by atoms with Gasteiger partial charge in [-0.1, -0.05) is 48.9 Å². The Balaban J connectivity index is 1.25. The van der Waals surface area contributed by atoms with E-state index in [-0.39, 0.29) is 18.5 Å². The van der Waals surface area contributed by atoms with Crippen molar-refractivity contribution >= 4 is 40.1 Å². The lowest BCUT2D eigenvalue weighted by molar-refractivity contribution is -0.144. The van der Waals surface area contributed by atoms with Crippen molar-refractivity contribution in [2.75, 3.05) is 31.6 Å². The van der Waals surface area contributed by atoms with Crippen LogP contribution in [0, 0.1) is 11.3 Å². The lowest BCUT2D eigenvalue weighted by Crippen LogP contribution is -2.43. The number of amides is 2. The Bertz CT molecular complexity index is 1890. The van der Waals surface area contributed by atoms with E-state index in [4.69, 9.17) is 27.1 Å². The summed E-state index contributed by atoms with van der Waals surface area (Å²) in [6, 6.07) is 14.9. The van der Waals surface area contributed by atoms with E-state index in [9.17, 15) is 9.59 Å². The van der Waals surface area contributed by atoms with E-state index in [1.54, 1.807) is 4.90 Å². The average molecular weight is 712 g/mol. The Hall–Kier alpha value is -3.99. The van der Waals surface area contributed by atoms with Gasteiger partial charge in [0, 0.05) is 60.7 Å². The second-order valence-electron chi connectivity index (χ2n) is 14.5. The number of pyridine rings is 1. The highest BCUT2D eigenvalue weighted by molar-refractivity contribution is 6.33. The van der Waals surface area contributed by atoms with E-state index in [2.05, 4.69) is 59.9 Å². The summed E-state index contributed by atoms with van der Waals surface area (Å²) in [5.41, 5.74) is 12.6. The summed E-state index contributed by atoms with van der Waals surface area (Å²) in [6.07, 6.45) is 8.65. The molecule has 2 aromatic carbocycles. The lowest BCUT2D eigenvalue weighted by Gasteiger charge is -2.30. The van der Waals surface area contributed by atoms with Gasteiger partial charge in [0.25, 0.3) is 0 Å². The number of fused-ring (bicyclic) bond motifs is 1. The predicted molar refractivity (Wildman–Crippen MR) is 201 cm³/mol. The molecule has 4 heterocycles. The number of ether oxygens (including phenoxy) is 1. The maximum atomic E-state index is 14.5. The molecular formula is C40H50ClN7O3. The van der Waals surface area contributed by atoms with Gasteiger partial charge in [0.2, 0.25) is 11.8 Å². The molecule has 1 saturated carbocycles. The standard InChI is InChI=1S/C40H50ClN7O3/c1-3-35-33(36(45-30-12-18-51-19-13-30)32-23-44-48(4-2)37(32)46-35)25-47(39(50)40(14-15-40)38(42)49)24-28-8-9-34(41)31(22-28)29-7-5-6-27(21-29)20-26-10-16-43-17-11-26/h5-9,21-23,26,30,43H,3-4,10-20,24-25H2,1-2H3,(H2,42,49)(H,45,46). The fourth-order valence-electron chi connectivity index (χ4n) is 7.86. The van der Waals surface area contributed by atoms with Crippen molar-refractivity contribution in [2.45, 2.75) is 90.9 Å². The molecule has 2 aliphatic heterocycles. The SMILES string of the molecule is CCc1nc2c(cnn2CC)c(NC2CCOCC2)c1CN(Cc1ccc(Cl)c(-c2cccc(CC3CCNCC3)c2)c1)C(=O)C1(C(N)=O)CC1. The van der Waals surface area contributed by atoms with Crippen LogP contribution in [0.4, 0.5) is 5.69 Å². The van der Waals surface area contributed by atoms with Crippen LogP contribution < -0.4 is 16.4 Å². The maximum Gasteiger partial charge on any atom is 0.238 e. The number of primary amides is 1. The van der Waals surface area contributed by atoms with Crippen molar-refractivity contribution in [2.24, 2.45) is 17.1 Å². The maximum absolute atomic E-state index is 14.5. The van der Waals surface area contributed by atoms with Crippen LogP contribution in [-0.2, 0) is 46.8 Å². The molecule has 2 aromatic heterocycles. The normalized spacial score (nSPS) is 17.8. The van der Waals surface area contributed by atoms with Gasteiger partial charge in [0.05, 0.1) is 17.3 Å². The van der Waals surface area contributed by atoms with Crippen LogP contribution in [-0.4, -0.2) is 63.8 Å². The Kier molecular flexibility index (Phi) is 10.6. The van der Waals surface area contributed by atoms with Crippen LogP contribution in [0.2, 0.25) is 5.02 Å². The van der Waals surface area contributed by atoms with E-state index < -0.39 is 11.3 Å². The molecule has 1 aliphatic carbocycles. The number of aromatic nitrogens is 3. The van der Waals surface area contributed by atoms with E-state index in [1.165, 1.54) is 18.4 Å². The summed E-state index contributed by atoms with van der Waals surface area (Å²) < 4.78 is 7.58. The number of nitrogens with one attached hydrogen (secondary N) is 2. The van der Waals surface area contributed by atoms with Gasteiger partial charge in [-0.05, 0) is 106 Å². The van der Waals surface area contributed by atoms with Crippen molar-refractivity contribution in [3.05, 3.63) is 76.1 Å². The number of halogens is 1. The number of nitrogens with zero attached hydrogens (tertiary/aromatic N) is 4. The number of carbonyl (C=O) groups is 2. The minimum Gasteiger partial charge on any atom is -0.381 e. The quantitative estimate of drug-likeness (QED) is 0.140. The molecule has 4 aromatic rings. The van der Waals surface area contributed by atoms with Crippen LogP contribution in [0.5, 0.6) is 0 Å². The van der Waals surface area contributed by atoms with Gasteiger partial charge in [0.1, 0.15) is 5.41 Å². The molecule has 0 radical (unpaired) electrons. The number of anilines is 1. The van der Waals surface area contributed by atoms with Crippen molar-refractivity contribution in [1.29, 1.82) is 0 Å². The number of aryl methyl sites for hydroxylation is 2. The van der Waals surface area contributed by atoms with Crippen LogP contribution >= 0.6 is 11.6 Å². The Morgan fingerprint density at radius 1 is 1.06 bits per heavy atom. The molecule has 0 atom stereocenters. The number of nitrogens with two attached hydrogens (primary N) is 1. The van der Waals surface area contributed by atoms with Crippen molar-refractivity contribution in [1.82, 2.24) is 25.0 Å². The van der Waals surface area contributed by atoms with Crippen LogP contribution in [0.15, 0.2) is 48.7 Å². The third-order valence-electron chi connectivity index (χ3n) is 11.1. The molecule has 7 rings (SSSR count). The zero-order chi connectivity index (χ0) is 35.5. The molecule has 4 N–H and O–H groups in total. The summed E-state index contributed by atoms with van der Waals surface area (Å²) in [5.74, 6) is -0.125. The van der Waals surface area contributed by atoms with Crippen molar-refractivity contribution < 1.29 is 14.3 Å². The highest BCUT2D eigenvalue weighted by Gasteiger charge is 2.57. The average Bonchev–Trinajstić information content (AvgIpc) is 3.87. The molecular weight excluding hydrogens is 662 g/mol. The molecule has 51 heavy (non-hydrogen) atoms. The molecule has 270 valence electrons. The number of hydrogen-bond donors (Lipinski definition) is 3. The monoisotopic (exact) mass is 711 g/mol. The summed E-state index contributed by atoms with van der Waals surface area (Å²) >= 11 is 6.87. The van der Waals surface area contributed by atoms with E-state index in [1.807, 2.05) is 23.0 Å².